The van der Waals surface area contributed by atoms with Crippen LogP contribution in [-0.2, 0) is 13.1 Å². The molecular formula is C20H15Cl2F3N8O2. The molecular weight excluding hydrogens is 512 g/mol. The Kier molecular flexibility index (Phi) is 6.63. The fourth-order valence-electron chi connectivity index (χ4n) is 3.22. The highest BCUT2D eigenvalue weighted by molar-refractivity contribution is 6.31. The Labute approximate surface area is 204 Å². The number of rotatable bonds is 7. The number of halogens is 5. The number of carbonyl (C=O) groups is 1. The number of nitrogens with two attached hydrogens (primary N) is 1. The number of carbonyl (C=O) groups excluding carboxylic acids is 1. The number of pyridine rings is 1. The molecule has 15 heteroatoms. The van der Waals surface area contributed by atoms with E-state index in [-0.39, 0.29) is 34.9 Å². The lowest BCUT2D eigenvalue weighted by Gasteiger charge is -2.08. The molecule has 0 saturated carbocycles. The van der Waals surface area contributed by atoms with Crippen LogP contribution in [0, 0.1) is 0 Å². The molecule has 0 unspecified atom stereocenters. The minimum Gasteiger partial charge on any atom is -0.363 e. The molecule has 4 rings (SSSR count). The first-order chi connectivity index (χ1) is 16.5. The Morgan fingerprint density at radius 2 is 1.80 bits per heavy atom. The normalized spacial score (nSPS) is 11.7. The molecule has 0 fully saturated rings. The van der Waals surface area contributed by atoms with Gasteiger partial charge in [0, 0.05) is 23.3 Å². The second kappa shape index (κ2) is 9.50. The highest BCUT2D eigenvalue weighted by atomic mass is 35.5. The van der Waals surface area contributed by atoms with Crippen molar-refractivity contribution in [2.45, 2.75) is 25.7 Å². The fourth-order valence-corrected chi connectivity index (χ4v) is 3.54. The van der Waals surface area contributed by atoms with Crippen LogP contribution >= 0.6 is 23.2 Å². The van der Waals surface area contributed by atoms with Gasteiger partial charge in [0.15, 0.2) is 16.8 Å². The third kappa shape index (κ3) is 5.35. The van der Waals surface area contributed by atoms with Gasteiger partial charge >= 0.3 is 11.9 Å². The summed E-state index contributed by atoms with van der Waals surface area (Å²) in [6.45, 7) is -1.01. The second-order valence-electron chi connectivity index (χ2n) is 7.23. The quantitative estimate of drug-likeness (QED) is 0.368. The molecule has 0 radical (unpaired) electrons. The number of aromatic nitrogens is 7. The van der Waals surface area contributed by atoms with Crippen LogP contribution in [-0.4, -0.2) is 46.2 Å². The topological polar surface area (TPSA) is 127 Å². The first-order valence-electron chi connectivity index (χ1n) is 9.90. The highest BCUT2D eigenvalue weighted by Gasteiger charge is 2.29. The number of primary amides is 1. The van der Waals surface area contributed by atoms with Gasteiger partial charge in [-0.15, -0.1) is 10.2 Å². The molecule has 3 aromatic heterocycles. The van der Waals surface area contributed by atoms with E-state index in [4.69, 9.17) is 28.9 Å². The smallest absolute Gasteiger partial charge is 0.363 e. The molecule has 35 heavy (non-hydrogen) atoms. The lowest BCUT2D eigenvalue weighted by Crippen LogP contribution is -2.27. The summed E-state index contributed by atoms with van der Waals surface area (Å²) in [6.07, 6.45) is -4.30. The van der Waals surface area contributed by atoms with E-state index in [2.05, 4.69) is 20.2 Å². The molecule has 1 amide bonds. The van der Waals surface area contributed by atoms with E-state index in [0.29, 0.717) is 10.6 Å². The van der Waals surface area contributed by atoms with Crippen molar-refractivity contribution >= 4 is 29.1 Å². The molecule has 10 nitrogen and oxygen atoms in total. The molecule has 0 atom stereocenters. The van der Waals surface area contributed by atoms with Crippen LogP contribution in [0.5, 0.6) is 0 Å². The van der Waals surface area contributed by atoms with Gasteiger partial charge < -0.3 is 5.73 Å². The maximum absolute atomic E-state index is 13.0. The molecule has 3 heterocycles. The van der Waals surface area contributed by atoms with Gasteiger partial charge in [-0.2, -0.15) is 13.2 Å². The third-order valence-electron chi connectivity index (χ3n) is 4.77. The van der Waals surface area contributed by atoms with Gasteiger partial charge in [0.2, 0.25) is 5.82 Å². The zero-order valence-corrected chi connectivity index (χ0v) is 19.1. The fraction of sp³-hybridized carbons (Fsp3) is 0.200. The van der Waals surface area contributed by atoms with Crippen molar-refractivity contribution in [3.8, 4) is 17.1 Å². The van der Waals surface area contributed by atoms with Crippen molar-refractivity contribution in [2.75, 3.05) is 0 Å². The van der Waals surface area contributed by atoms with Crippen LogP contribution in [0.1, 0.15) is 22.9 Å². The van der Waals surface area contributed by atoms with Gasteiger partial charge in [0.05, 0.1) is 6.42 Å². The molecule has 0 saturated heterocycles. The van der Waals surface area contributed by atoms with Gasteiger partial charge in [0.1, 0.15) is 12.2 Å². The van der Waals surface area contributed by atoms with Crippen LogP contribution in [0.25, 0.3) is 17.1 Å². The Morgan fingerprint density at radius 3 is 2.43 bits per heavy atom. The van der Waals surface area contributed by atoms with Crippen molar-refractivity contribution in [3.63, 3.8) is 0 Å². The second-order valence-corrected chi connectivity index (χ2v) is 8.02. The lowest BCUT2D eigenvalue weighted by atomic mass is 10.2. The Morgan fingerprint density at radius 1 is 1.09 bits per heavy atom. The first kappa shape index (κ1) is 24.4. The average molecular weight is 527 g/mol. The number of amides is 1. The van der Waals surface area contributed by atoms with E-state index in [1.165, 1.54) is 36.5 Å². The van der Waals surface area contributed by atoms with Crippen LogP contribution in [0.4, 0.5) is 13.2 Å². The number of hydrogen-bond donors (Lipinski definition) is 1. The van der Waals surface area contributed by atoms with E-state index >= 15 is 0 Å². The molecule has 0 bridgehead atoms. The van der Waals surface area contributed by atoms with Crippen LogP contribution in [0.3, 0.4) is 0 Å². The first-order valence-corrected chi connectivity index (χ1v) is 10.7. The van der Waals surface area contributed by atoms with E-state index in [9.17, 15) is 22.8 Å². The zero-order chi connectivity index (χ0) is 25.3. The summed E-state index contributed by atoms with van der Waals surface area (Å²) in [6, 6.07) is 9.18. The van der Waals surface area contributed by atoms with Gasteiger partial charge in [-0.3, -0.25) is 9.36 Å². The number of hydrogen-bond acceptors (Lipinski definition) is 6. The summed E-state index contributed by atoms with van der Waals surface area (Å²) in [4.78, 5) is 32.9. The largest absolute Gasteiger partial charge is 0.390 e. The number of alkyl halides is 3. The Hall–Kier alpha value is -3.71. The molecule has 0 spiro atoms. The van der Waals surface area contributed by atoms with Gasteiger partial charge in [-0.05, 0) is 36.4 Å². The molecule has 182 valence electrons. The molecule has 0 aliphatic rings. The van der Waals surface area contributed by atoms with Crippen molar-refractivity contribution in [2.24, 2.45) is 5.73 Å². The van der Waals surface area contributed by atoms with Gasteiger partial charge in [-0.25, -0.2) is 24.1 Å². The molecule has 1 aromatic carbocycles. The van der Waals surface area contributed by atoms with Crippen LogP contribution in [0.15, 0.2) is 47.4 Å². The average Bonchev–Trinajstić information content (AvgIpc) is 3.34. The number of nitrogens with zero attached hydrogens (tertiary/aromatic N) is 7. The van der Waals surface area contributed by atoms with Crippen molar-refractivity contribution in [1.29, 1.82) is 0 Å². The minimum absolute atomic E-state index is 0.000720. The van der Waals surface area contributed by atoms with Crippen LogP contribution < -0.4 is 11.4 Å². The maximum atomic E-state index is 13.0. The summed E-state index contributed by atoms with van der Waals surface area (Å²) >= 11 is 12.0. The summed E-state index contributed by atoms with van der Waals surface area (Å²) in [5.41, 5.74) is 5.18. The highest BCUT2D eigenvalue weighted by Crippen LogP contribution is 2.24. The van der Waals surface area contributed by atoms with E-state index in [1.807, 2.05) is 0 Å². The molecule has 4 aromatic rings. The van der Waals surface area contributed by atoms with Crippen molar-refractivity contribution < 1.29 is 18.0 Å². The maximum Gasteiger partial charge on any atom is 0.390 e. The van der Waals surface area contributed by atoms with E-state index in [1.54, 1.807) is 6.07 Å². The van der Waals surface area contributed by atoms with E-state index < -0.39 is 30.7 Å². The lowest BCUT2D eigenvalue weighted by molar-refractivity contribution is -0.136. The monoisotopic (exact) mass is 526 g/mol. The molecule has 0 aliphatic carbocycles. The molecule has 2 N–H and O–H groups in total. The Balaban J connectivity index is 1.76. The summed E-state index contributed by atoms with van der Waals surface area (Å²) < 4.78 is 41.5. The summed E-state index contributed by atoms with van der Waals surface area (Å²) in [5.74, 6) is -1.25. The predicted molar refractivity (Wildman–Crippen MR) is 119 cm³/mol. The SMILES string of the molecule is NC(=O)c1nc(Cn2nc(-c3ccc(Cl)cc3)n(CCC(F)(F)F)c2=O)nn1-c1cccnc1Cl. The molecule has 0 aliphatic heterocycles. The standard InChI is InChI=1S/C20H15Cl2F3N8O2/c21-12-5-3-11(4-6-12)17-30-32(19(35)31(17)9-7-20(23,24)25)10-14-28-18(16(26)34)33(29-14)13-2-1-8-27-15(13)22/h1-6,8H,7,9-10H2,(H2,26,34). The van der Waals surface area contributed by atoms with Crippen LogP contribution in [0.2, 0.25) is 10.2 Å². The summed E-state index contributed by atoms with van der Waals surface area (Å²) in [7, 11) is 0. The predicted octanol–water partition coefficient (Wildman–Crippen LogP) is 3.09. The Bertz CT molecular complexity index is 1440. The van der Waals surface area contributed by atoms with Gasteiger partial charge in [0.25, 0.3) is 5.91 Å². The minimum atomic E-state index is -4.49. The van der Waals surface area contributed by atoms with E-state index in [0.717, 1.165) is 13.9 Å². The zero-order valence-electron chi connectivity index (χ0n) is 17.6. The van der Waals surface area contributed by atoms with Crippen molar-refractivity contribution in [1.82, 2.24) is 34.1 Å². The summed E-state index contributed by atoms with van der Waals surface area (Å²) in [5, 5.41) is 8.80. The van der Waals surface area contributed by atoms with Crippen molar-refractivity contribution in [3.05, 3.63) is 74.9 Å². The number of benzene rings is 1. The third-order valence-corrected chi connectivity index (χ3v) is 5.32. The van der Waals surface area contributed by atoms with Gasteiger partial charge in [-0.1, -0.05) is 23.2 Å².